The van der Waals surface area contributed by atoms with E-state index in [1.165, 1.54) is 5.56 Å². The average Bonchev–Trinajstić information content (AvgIpc) is 3.08. The number of aryl methyl sites for hydroxylation is 1. The number of Topliss-reactive ketones (excluding diaryl/α,β-unsaturated/α-hetero) is 1. The Bertz CT molecular complexity index is 843. The van der Waals surface area contributed by atoms with Gasteiger partial charge < -0.3 is 0 Å². The number of carbonyl (C=O) groups is 1. The Kier molecular flexibility index (Phi) is 2.99. The number of ketones is 1. The fraction of sp³-hybridized carbons (Fsp3) is 0.316. The fourth-order valence-corrected chi connectivity index (χ4v) is 4.36. The first-order valence-corrected chi connectivity index (χ1v) is 7.94. The molecule has 0 radical (unpaired) electrons. The highest BCUT2D eigenvalue weighted by molar-refractivity contribution is 6.02. The van der Waals surface area contributed by atoms with Crippen molar-refractivity contribution < 1.29 is 4.79 Å². The molecule has 1 N–H and O–H groups in total. The summed E-state index contributed by atoms with van der Waals surface area (Å²) in [6, 6.07) is 12.2. The number of carbonyl (C=O) groups excluding carboxylic acids is 1. The summed E-state index contributed by atoms with van der Waals surface area (Å²) >= 11 is 0. The highest BCUT2D eigenvalue weighted by Gasteiger charge is 2.52. The summed E-state index contributed by atoms with van der Waals surface area (Å²) in [6.45, 7) is 1.95. The number of H-pyrrole nitrogens is 1. The van der Waals surface area contributed by atoms with Crippen molar-refractivity contribution in [2.24, 2.45) is 11.8 Å². The van der Waals surface area contributed by atoms with Crippen LogP contribution in [0.4, 0.5) is 0 Å². The summed E-state index contributed by atoms with van der Waals surface area (Å²) in [4.78, 5) is 12.5. The second-order valence-electron chi connectivity index (χ2n) is 6.46. The molecule has 1 aromatic carbocycles. The van der Waals surface area contributed by atoms with E-state index in [1.807, 2.05) is 37.4 Å². The molecule has 1 heterocycles. The molecule has 0 spiro atoms. The lowest BCUT2D eigenvalue weighted by molar-refractivity contribution is -0.121. The first-order valence-electron chi connectivity index (χ1n) is 7.94. The average molecular weight is 303 g/mol. The summed E-state index contributed by atoms with van der Waals surface area (Å²) in [6.07, 6.45) is 5.65. The van der Waals surface area contributed by atoms with Crippen molar-refractivity contribution in [3.63, 3.8) is 0 Å². The molecular formula is C19H17N3O. The number of nitrogens with one attached hydrogen (secondary N) is 1. The van der Waals surface area contributed by atoms with Crippen LogP contribution >= 0.6 is 0 Å². The van der Waals surface area contributed by atoms with Crippen LogP contribution in [0.5, 0.6) is 0 Å². The summed E-state index contributed by atoms with van der Waals surface area (Å²) in [5, 5.41) is 17.0. The van der Waals surface area contributed by atoms with E-state index in [0.29, 0.717) is 0 Å². The van der Waals surface area contributed by atoms with Crippen LogP contribution < -0.4 is 0 Å². The molecule has 0 amide bonds. The highest BCUT2D eigenvalue weighted by Crippen LogP contribution is 2.52. The van der Waals surface area contributed by atoms with E-state index in [-0.39, 0.29) is 23.2 Å². The molecule has 0 bridgehead atoms. The monoisotopic (exact) mass is 303 g/mol. The van der Waals surface area contributed by atoms with Crippen LogP contribution in [-0.2, 0) is 16.6 Å². The third kappa shape index (κ3) is 1.77. The predicted octanol–water partition coefficient (Wildman–Crippen LogP) is 2.93. The van der Waals surface area contributed by atoms with Crippen LogP contribution in [0.1, 0.15) is 30.2 Å². The van der Waals surface area contributed by atoms with Gasteiger partial charge in [0.15, 0.2) is 5.78 Å². The number of nitriles is 1. The van der Waals surface area contributed by atoms with Crippen LogP contribution in [0, 0.1) is 23.2 Å². The Morgan fingerprint density at radius 2 is 2.13 bits per heavy atom. The SMILES string of the molecule is C[C@H]1C(=O)C(C#N)=C[C@]2(c3ccccc3)c3n[nH]cc3CC[C@H]12. The third-order valence-electron chi connectivity index (χ3n) is 5.45. The largest absolute Gasteiger partial charge is 0.293 e. The van der Waals surface area contributed by atoms with Crippen LogP contribution in [0.2, 0.25) is 0 Å². The Morgan fingerprint density at radius 1 is 1.35 bits per heavy atom. The van der Waals surface area contributed by atoms with Gasteiger partial charge in [-0.05, 0) is 36.0 Å². The van der Waals surface area contributed by atoms with Crippen molar-refractivity contribution in [3.05, 3.63) is 65.0 Å². The zero-order valence-corrected chi connectivity index (χ0v) is 12.9. The maximum atomic E-state index is 12.5. The standard InChI is InChI=1S/C19H17N3O/c1-12-16-8-7-13-11-21-22-18(13)19(16,9-14(10-20)17(12)23)15-5-3-2-4-6-15/h2-6,9,11-12,16H,7-8H2,1H3,(H,21,22)/t12-,16-,19-/m1/s1. The molecule has 2 aliphatic carbocycles. The molecule has 0 aliphatic heterocycles. The quantitative estimate of drug-likeness (QED) is 0.880. The van der Waals surface area contributed by atoms with Crippen molar-refractivity contribution in [2.45, 2.75) is 25.2 Å². The van der Waals surface area contributed by atoms with Crippen molar-refractivity contribution in [1.82, 2.24) is 10.2 Å². The third-order valence-corrected chi connectivity index (χ3v) is 5.45. The molecule has 0 fully saturated rings. The van der Waals surface area contributed by atoms with E-state index >= 15 is 0 Å². The molecule has 2 aromatic rings. The number of aromatic amines is 1. The van der Waals surface area contributed by atoms with Gasteiger partial charge in [-0.3, -0.25) is 9.89 Å². The van der Waals surface area contributed by atoms with Crippen molar-refractivity contribution >= 4 is 5.78 Å². The molecule has 23 heavy (non-hydrogen) atoms. The van der Waals surface area contributed by atoms with E-state index in [2.05, 4.69) is 28.4 Å². The van der Waals surface area contributed by atoms with E-state index in [4.69, 9.17) is 0 Å². The lowest BCUT2D eigenvalue weighted by atomic mass is 9.54. The van der Waals surface area contributed by atoms with Gasteiger partial charge in [-0.2, -0.15) is 10.4 Å². The first kappa shape index (κ1) is 14.0. The van der Waals surface area contributed by atoms with Crippen molar-refractivity contribution in [3.8, 4) is 6.07 Å². The van der Waals surface area contributed by atoms with E-state index in [0.717, 1.165) is 24.1 Å². The van der Waals surface area contributed by atoms with E-state index in [1.54, 1.807) is 0 Å². The molecule has 0 saturated carbocycles. The summed E-state index contributed by atoms with van der Waals surface area (Å²) in [7, 11) is 0. The van der Waals surface area contributed by atoms with Crippen LogP contribution in [0.3, 0.4) is 0 Å². The van der Waals surface area contributed by atoms with Gasteiger partial charge in [-0.1, -0.05) is 37.3 Å². The molecule has 4 rings (SSSR count). The minimum Gasteiger partial charge on any atom is -0.293 e. The highest BCUT2D eigenvalue weighted by atomic mass is 16.1. The van der Waals surface area contributed by atoms with Gasteiger partial charge in [0.2, 0.25) is 0 Å². The molecule has 4 heteroatoms. The number of fused-ring (bicyclic) bond motifs is 3. The minimum atomic E-state index is -0.493. The van der Waals surface area contributed by atoms with Crippen LogP contribution in [0.15, 0.2) is 48.2 Å². The smallest absolute Gasteiger partial charge is 0.176 e. The summed E-state index contributed by atoms with van der Waals surface area (Å²) in [5.74, 6) is -0.0898. The van der Waals surface area contributed by atoms with Gasteiger partial charge in [0, 0.05) is 12.1 Å². The summed E-state index contributed by atoms with van der Waals surface area (Å²) < 4.78 is 0. The van der Waals surface area contributed by atoms with Crippen LogP contribution in [-0.4, -0.2) is 16.0 Å². The zero-order chi connectivity index (χ0) is 16.0. The number of aromatic nitrogens is 2. The van der Waals surface area contributed by atoms with Gasteiger partial charge >= 0.3 is 0 Å². The molecule has 0 unspecified atom stereocenters. The first-order chi connectivity index (χ1) is 11.2. The van der Waals surface area contributed by atoms with Crippen LogP contribution in [0.25, 0.3) is 0 Å². The van der Waals surface area contributed by atoms with Gasteiger partial charge in [0.05, 0.1) is 16.7 Å². The lowest BCUT2D eigenvalue weighted by Gasteiger charge is -2.46. The Labute approximate surface area is 134 Å². The van der Waals surface area contributed by atoms with Gasteiger partial charge in [-0.25, -0.2) is 0 Å². The number of hydrogen-bond donors (Lipinski definition) is 1. The second kappa shape index (κ2) is 4.92. The van der Waals surface area contributed by atoms with E-state index < -0.39 is 5.41 Å². The Hall–Kier alpha value is -2.67. The molecular weight excluding hydrogens is 286 g/mol. The minimum absolute atomic E-state index is 0.0389. The van der Waals surface area contributed by atoms with Gasteiger partial charge in [-0.15, -0.1) is 0 Å². The zero-order valence-electron chi connectivity index (χ0n) is 12.9. The Balaban J connectivity index is 2.08. The van der Waals surface area contributed by atoms with Gasteiger partial charge in [0.25, 0.3) is 0 Å². The maximum absolute atomic E-state index is 12.5. The molecule has 2 aliphatic rings. The molecule has 1 aromatic heterocycles. The molecule has 4 nitrogen and oxygen atoms in total. The number of benzene rings is 1. The van der Waals surface area contributed by atoms with E-state index in [9.17, 15) is 10.1 Å². The fourth-order valence-electron chi connectivity index (χ4n) is 4.36. The molecule has 3 atom stereocenters. The predicted molar refractivity (Wildman–Crippen MR) is 85.5 cm³/mol. The topological polar surface area (TPSA) is 69.5 Å². The molecule has 0 saturated heterocycles. The van der Waals surface area contributed by atoms with Crippen molar-refractivity contribution in [2.75, 3.05) is 0 Å². The lowest BCUT2D eigenvalue weighted by Crippen LogP contribution is -2.48. The molecule has 114 valence electrons. The van der Waals surface area contributed by atoms with Crippen molar-refractivity contribution in [1.29, 1.82) is 5.26 Å². The van der Waals surface area contributed by atoms with Gasteiger partial charge in [0.1, 0.15) is 6.07 Å². The Morgan fingerprint density at radius 3 is 2.87 bits per heavy atom. The number of hydrogen-bond acceptors (Lipinski definition) is 3. The number of rotatable bonds is 1. The normalized spacial score (nSPS) is 29.2. The number of nitrogens with zero attached hydrogens (tertiary/aromatic N) is 2. The number of allylic oxidation sites excluding steroid dienone is 2. The summed E-state index contributed by atoms with van der Waals surface area (Å²) in [5.41, 5.74) is 3.01. The maximum Gasteiger partial charge on any atom is 0.176 e. The second-order valence-corrected chi connectivity index (χ2v) is 6.46.